The second-order valence-corrected chi connectivity index (χ2v) is 7.71. The SMILES string of the molecule is CC(C)(C)OC(=O)N1C2CCC1C1N(C2)C(=O)OC12COC2. The first kappa shape index (κ1) is 14.1. The Balaban J connectivity index is 1.62. The third kappa shape index (κ3) is 1.84. The van der Waals surface area contributed by atoms with Crippen LogP contribution in [0.3, 0.4) is 0 Å². The molecule has 0 N–H and O–H groups in total. The summed E-state index contributed by atoms with van der Waals surface area (Å²) in [5, 5.41) is 0. The number of hydrogen-bond acceptors (Lipinski definition) is 5. The Labute approximate surface area is 129 Å². The van der Waals surface area contributed by atoms with Crippen LogP contribution in [0.2, 0.25) is 0 Å². The molecule has 3 unspecified atom stereocenters. The summed E-state index contributed by atoms with van der Waals surface area (Å²) >= 11 is 0. The molecule has 7 heteroatoms. The number of ether oxygens (including phenoxy) is 3. The number of fused-ring (bicyclic) bond motifs is 5. The van der Waals surface area contributed by atoms with Gasteiger partial charge in [-0.2, -0.15) is 0 Å². The molecule has 2 bridgehead atoms. The number of nitrogens with zero attached hydrogens (tertiary/aromatic N) is 2. The lowest BCUT2D eigenvalue weighted by molar-refractivity contribution is -0.184. The maximum atomic E-state index is 12.6. The highest BCUT2D eigenvalue weighted by atomic mass is 16.6. The molecule has 0 aromatic carbocycles. The third-order valence-electron chi connectivity index (χ3n) is 5.02. The molecule has 0 aromatic heterocycles. The van der Waals surface area contributed by atoms with Crippen LogP contribution in [0.25, 0.3) is 0 Å². The van der Waals surface area contributed by atoms with Crippen molar-refractivity contribution in [1.82, 2.24) is 9.80 Å². The van der Waals surface area contributed by atoms with Gasteiger partial charge in [-0.15, -0.1) is 0 Å². The quantitative estimate of drug-likeness (QED) is 0.676. The van der Waals surface area contributed by atoms with Gasteiger partial charge in [0.25, 0.3) is 0 Å². The molecule has 0 aliphatic carbocycles. The van der Waals surface area contributed by atoms with Crippen molar-refractivity contribution in [2.75, 3.05) is 19.8 Å². The van der Waals surface area contributed by atoms with E-state index in [-0.39, 0.29) is 30.3 Å². The molecule has 1 spiro atoms. The van der Waals surface area contributed by atoms with E-state index in [1.165, 1.54) is 0 Å². The van der Waals surface area contributed by atoms with E-state index in [1.54, 1.807) is 4.90 Å². The molecule has 4 aliphatic rings. The second-order valence-electron chi connectivity index (χ2n) is 7.71. The van der Waals surface area contributed by atoms with E-state index in [1.807, 2.05) is 25.7 Å². The Hall–Kier alpha value is -1.50. The van der Waals surface area contributed by atoms with Crippen molar-refractivity contribution in [3.8, 4) is 0 Å². The molecule has 22 heavy (non-hydrogen) atoms. The minimum absolute atomic E-state index is 0.0276. The number of rotatable bonds is 0. The first-order chi connectivity index (χ1) is 10.3. The van der Waals surface area contributed by atoms with Gasteiger partial charge < -0.3 is 14.2 Å². The van der Waals surface area contributed by atoms with Gasteiger partial charge in [0.2, 0.25) is 0 Å². The Bertz CT molecular complexity index is 525. The van der Waals surface area contributed by atoms with Crippen molar-refractivity contribution in [2.45, 2.75) is 62.9 Å². The van der Waals surface area contributed by atoms with Crippen LogP contribution in [0.15, 0.2) is 0 Å². The maximum Gasteiger partial charge on any atom is 0.411 e. The van der Waals surface area contributed by atoms with E-state index in [9.17, 15) is 9.59 Å². The number of piperazine rings is 1. The number of carbonyl (C=O) groups excluding carboxylic acids is 2. The van der Waals surface area contributed by atoms with Crippen LogP contribution in [0.1, 0.15) is 33.6 Å². The molecule has 7 nitrogen and oxygen atoms in total. The molecule has 3 atom stereocenters. The fraction of sp³-hybridized carbons (Fsp3) is 0.867. The molecule has 0 radical (unpaired) electrons. The molecule has 0 aromatic rings. The first-order valence-corrected chi connectivity index (χ1v) is 7.89. The molecule has 4 rings (SSSR count). The van der Waals surface area contributed by atoms with Crippen molar-refractivity contribution in [3.05, 3.63) is 0 Å². The van der Waals surface area contributed by atoms with Crippen molar-refractivity contribution < 1.29 is 23.8 Å². The molecule has 2 amide bonds. The summed E-state index contributed by atoms with van der Waals surface area (Å²) in [5.74, 6) is 0. The van der Waals surface area contributed by atoms with Crippen LogP contribution in [-0.4, -0.2) is 71.1 Å². The van der Waals surface area contributed by atoms with Gasteiger partial charge in [0, 0.05) is 6.54 Å². The van der Waals surface area contributed by atoms with Crippen molar-refractivity contribution >= 4 is 12.2 Å². The Morgan fingerprint density at radius 2 is 2.05 bits per heavy atom. The van der Waals surface area contributed by atoms with Gasteiger partial charge in [-0.3, -0.25) is 9.80 Å². The van der Waals surface area contributed by atoms with Crippen LogP contribution in [0.5, 0.6) is 0 Å². The maximum absolute atomic E-state index is 12.6. The average Bonchev–Trinajstić information content (AvgIpc) is 2.83. The topological polar surface area (TPSA) is 68.3 Å². The molecule has 4 heterocycles. The van der Waals surface area contributed by atoms with Crippen molar-refractivity contribution in [2.24, 2.45) is 0 Å². The normalized spacial score (nSPS) is 35.2. The predicted molar refractivity (Wildman–Crippen MR) is 75.4 cm³/mol. The zero-order valence-electron chi connectivity index (χ0n) is 13.2. The van der Waals surface area contributed by atoms with E-state index >= 15 is 0 Å². The Kier molecular flexibility index (Phi) is 2.74. The Morgan fingerprint density at radius 1 is 1.32 bits per heavy atom. The monoisotopic (exact) mass is 310 g/mol. The van der Waals surface area contributed by atoms with Gasteiger partial charge in [0.1, 0.15) is 11.6 Å². The van der Waals surface area contributed by atoms with Crippen LogP contribution in [0.4, 0.5) is 9.59 Å². The molecule has 4 saturated heterocycles. The van der Waals surface area contributed by atoms with Crippen LogP contribution in [-0.2, 0) is 14.2 Å². The van der Waals surface area contributed by atoms with Gasteiger partial charge in [-0.1, -0.05) is 0 Å². The van der Waals surface area contributed by atoms with Crippen molar-refractivity contribution in [1.29, 1.82) is 0 Å². The lowest BCUT2D eigenvalue weighted by Crippen LogP contribution is -2.69. The van der Waals surface area contributed by atoms with Crippen LogP contribution >= 0.6 is 0 Å². The van der Waals surface area contributed by atoms with Gasteiger partial charge >= 0.3 is 12.2 Å². The molecule has 4 aliphatic heterocycles. The fourth-order valence-electron chi connectivity index (χ4n) is 4.20. The molecule has 0 saturated carbocycles. The first-order valence-electron chi connectivity index (χ1n) is 7.89. The van der Waals surface area contributed by atoms with Crippen LogP contribution in [0, 0.1) is 0 Å². The number of hydrogen-bond donors (Lipinski definition) is 0. The summed E-state index contributed by atoms with van der Waals surface area (Å²) in [7, 11) is 0. The van der Waals surface area contributed by atoms with Gasteiger partial charge in [0.15, 0.2) is 5.60 Å². The summed E-state index contributed by atoms with van der Waals surface area (Å²) < 4.78 is 16.5. The van der Waals surface area contributed by atoms with Gasteiger partial charge in [-0.25, -0.2) is 9.59 Å². The number of amides is 2. The molecule has 4 fully saturated rings. The summed E-state index contributed by atoms with van der Waals surface area (Å²) in [5.41, 5.74) is -1.09. The zero-order chi connectivity index (χ0) is 15.7. The van der Waals surface area contributed by atoms with E-state index in [2.05, 4.69) is 0 Å². The summed E-state index contributed by atoms with van der Waals surface area (Å²) in [6, 6.07) is -0.122. The predicted octanol–water partition coefficient (Wildman–Crippen LogP) is 1.36. The highest BCUT2D eigenvalue weighted by Gasteiger charge is 2.66. The average molecular weight is 310 g/mol. The van der Waals surface area contributed by atoms with E-state index < -0.39 is 11.2 Å². The van der Waals surface area contributed by atoms with Gasteiger partial charge in [-0.05, 0) is 33.6 Å². The zero-order valence-corrected chi connectivity index (χ0v) is 13.2. The van der Waals surface area contributed by atoms with Crippen molar-refractivity contribution in [3.63, 3.8) is 0 Å². The summed E-state index contributed by atoms with van der Waals surface area (Å²) in [6.45, 7) is 6.97. The second kappa shape index (κ2) is 4.28. The smallest absolute Gasteiger partial charge is 0.411 e. The lowest BCUT2D eigenvalue weighted by atomic mass is 9.85. The standard InChI is InChI=1S/C15H22N2O5/c1-14(2,3)21-13(19)17-9-4-5-10(17)11-15(7-20-8-15)22-12(18)16(11)6-9/h9-11H,4-8H2,1-3H3. The fourth-order valence-corrected chi connectivity index (χ4v) is 4.20. The third-order valence-corrected chi connectivity index (χ3v) is 5.02. The molecule has 122 valence electrons. The number of carbonyl (C=O) groups is 2. The van der Waals surface area contributed by atoms with Crippen LogP contribution < -0.4 is 0 Å². The lowest BCUT2D eigenvalue weighted by Gasteiger charge is -2.49. The Morgan fingerprint density at radius 3 is 2.64 bits per heavy atom. The highest BCUT2D eigenvalue weighted by molar-refractivity contribution is 5.75. The summed E-state index contributed by atoms with van der Waals surface area (Å²) in [4.78, 5) is 28.4. The minimum atomic E-state index is -0.572. The van der Waals surface area contributed by atoms with E-state index in [0.717, 1.165) is 12.8 Å². The largest absolute Gasteiger partial charge is 0.444 e. The minimum Gasteiger partial charge on any atom is -0.444 e. The van der Waals surface area contributed by atoms with E-state index in [0.29, 0.717) is 19.8 Å². The van der Waals surface area contributed by atoms with E-state index in [4.69, 9.17) is 14.2 Å². The molecular weight excluding hydrogens is 288 g/mol. The summed E-state index contributed by atoms with van der Waals surface area (Å²) in [6.07, 6.45) is 1.23. The highest BCUT2D eigenvalue weighted by Crippen LogP contribution is 2.46. The van der Waals surface area contributed by atoms with Gasteiger partial charge in [0.05, 0.1) is 25.3 Å². The molecular formula is C15H22N2O5.